The van der Waals surface area contributed by atoms with Crippen molar-refractivity contribution in [2.24, 2.45) is 0 Å². The number of rotatable bonds is 3. The van der Waals surface area contributed by atoms with Crippen molar-refractivity contribution in [1.82, 2.24) is 4.48 Å². The number of benzene rings is 2. The highest BCUT2D eigenvalue weighted by molar-refractivity contribution is 6.62. The number of aromatic nitrogens is 1. The van der Waals surface area contributed by atoms with Crippen molar-refractivity contribution in [2.75, 3.05) is 6.61 Å². The maximum absolute atomic E-state index is 12.4. The van der Waals surface area contributed by atoms with Gasteiger partial charge in [0.25, 0.3) is 5.70 Å². The molecule has 8 nitrogen and oxygen atoms in total. The molecule has 1 spiro atoms. The molecule has 3 aliphatic heterocycles. The summed E-state index contributed by atoms with van der Waals surface area (Å²) in [4.78, 5) is 16.2. The molecular formula is C30H25BN4O4. The minimum absolute atomic E-state index is 0.291. The number of fused-ring (bicyclic) bond motifs is 5. The van der Waals surface area contributed by atoms with Crippen molar-refractivity contribution < 1.29 is 23.3 Å². The monoisotopic (exact) mass is 516 g/mol. The van der Waals surface area contributed by atoms with Gasteiger partial charge in [-0.3, -0.25) is 0 Å². The summed E-state index contributed by atoms with van der Waals surface area (Å²) in [5.41, 5.74) is 7.74. The molecule has 0 fully saturated rings. The van der Waals surface area contributed by atoms with E-state index in [1.165, 1.54) is 0 Å². The largest absolute Gasteiger partial charge is 0.779 e. The number of hydrogen-bond acceptors (Lipinski definition) is 5. The third kappa shape index (κ3) is 3.11. The molecule has 0 bridgehead atoms. The van der Waals surface area contributed by atoms with Crippen molar-refractivity contribution in [3.8, 4) is 17.6 Å². The van der Waals surface area contributed by atoms with Crippen LogP contribution in [0.15, 0.2) is 65.5 Å². The molecule has 0 radical (unpaired) electrons. The van der Waals surface area contributed by atoms with Crippen LogP contribution < -0.4 is 9.31 Å². The van der Waals surface area contributed by atoms with Crippen LogP contribution in [-0.2, 0) is 4.74 Å². The van der Waals surface area contributed by atoms with Gasteiger partial charge < -0.3 is 23.0 Å². The van der Waals surface area contributed by atoms with Gasteiger partial charge in [-0.05, 0) is 63.1 Å². The van der Waals surface area contributed by atoms with Gasteiger partial charge in [0.05, 0.1) is 29.9 Å². The Morgan fingerprint density at radius 2 is 1.74 bits per heavy atom. The van der Waals surface area contributed by atoms with Gasteiger partial charge in [-0.2, -0.15) is 5.26 Å². The van der Waals surface area contributed by atoms with Gasteiger partial charge in [0.15, 0.2) is 5.70 Å². The molecule has 0 saturated carbocycles. The zero-order valence-corrected chi connectivity index (χ0v) is 22.3. The number of nitrogens with zero attached hydrogens (tertiary/aromatic N) is 4. The van der Waals surface area contributed by atoms with Gasteiger partial charge in [-0.25, -0.2) is 9.64 Å². The summed E-state index contributed by atoms with van der Waals surface area (Å²) in [6.07, 6.45) is 0. The fourth-order valence-corrected chi connectivity index (χ4v) is 6.16. The normalized spacial score (nSPS) is 16.3. The fraction of sp³-hybridized carbons (Fsp3) is 0.200. The third-order valence-corrected chi connectivity index (χ3v) is 7.79. The highest BCUT2D eigenvalue weighted by atomic mass is 16.7. The Balaban J connectivity index is 1.71. The van der Waals surface area contributed by atoms with Crippen LogP contribution in [0, 0.1) is 31.8 Å². The molecule has 0 aliphatic carbocycles. The second kappa shape index (κ2) is 8.51. The Morgan fingerprint density at radius 1 is 1.10 bits per heavy atom. The molecule has 2 aromatic carbocycles. The summed E-state index contributed by atoms with van der Waals surface area (Å²) in [5.74, 6) is 0.797. The lowest BCUT2D eigenvalue weighted by Gasteiger charge is -2.39. The maximum Gasteiger partial charge on any atom is 0.779 e. The first-order valence-electron chi connectivity index (χ1n) is 12.8. The Kier molecular flexibility index (Phi) is 5.31. The molecule has 0 atom stereocenters. The zero-order chi connectivity index (χ0) is 27.6. The standard InChI is InChI=1S/C30H25BN4O4/c1-7-37-30(36)22-14-12-21(13-15-22)26-28-17(2)23(16-32)19(4)34(28)31(38-24-10-8-9-11-25(24)39-31)35-20(5)27(33-6)18(3)29(26)35/h8-15H,7H2,1-5H3. The minimum Gasteiger partial charge on any atom is -0.599 e. The van der Waals surface area contributed by atoms with Crippen molar-refractivity contribution in [2.45, 2.75) is 34.6 Å². The number of nitriles is 1. The number of para-hydroxylation sites is 2. The maximum atomic E-state index is 12.4. The average molecular weight is 516 g/mol. The van der Waals surface area contributed by atoms with E-state index in [4.69, 9.17) is 20.6 Å². The number of ether oxygens (including phenoxy) is 1. The van der Waals surface area contributed by atoms with Crippen LogP contribution in [0.25, 0.3) is 10.4 Å². The van der Waals surface area contributed by atoms with Crippen LogP contribution in [0.2, 0.25) is 0 Å². The van der Waals surface area contributed by atoms with E-state index in [0.717, 1.165) is 33.7 Å². The van der Waals surface area contributed by atoms with Gasteiger partial charge in [-0.15, -0.1) is 0 Å². The van der Waals surface area contributed by atoms with Crippen LogP contribution in [0.1, 0.15) is 59.2 Å². The Hall–Kier alpha value is -5.02. The van der Waals surface area contributed by atoms with E-state index in [-0.39, 0.29) is 0 Å². The predicted octanol–water partition coefficient (Wildman–Crippen LogP) is 5.36. The molecule has 0 unspecified atom stereocenters. The van der Waals surface area contributed by atoms with E-state index >= 15 is 0 Å². The first-order valence-corrected chi connectivity index (χ1v) is 12.8. The molecular weight excluding hydrogens is 491 g/mol. The van der Waals surface area contributed by atoms with Gasteiger partial charge >= 0.3 is 12.8 Å². The zero-order valence-electron chi connectivity index (χ0n) is 22.3. The average Bonchev–Trinajstić information content (AvgIpc) is 3.52. The van der Waals surface area contributed by atoms with Crippen LogP contribution >= 0.6 is 0 Å². The molecule has 3 aliphatic rings. The van der Waals surface area contributed by atoms with E-state index in [1.54, 1.807) is 19.1 Å². The molecule has 192 valence electrons. The van der Waals surface area contributed by atoms with Crippen LogP contribution in [0.5, 0.6) is 11.5 Å². The van der Waals surface area contributed by atoms with Crippen LogP contribution in [0.4, 0.5) is 0 Å². The lowest BCUT2D eigenvalue weighted by molar-refractivity contribution is -0.369. The molecule has 0 saturated heterocycles. The first-order chi connectivity index (χ1) is 18.8. The number of allylic oxidation sites excluding steroid dienone is 2. The third-order valence-electron chi connectivity index (χ3n) is 7.79. The van der Waals surface area contributed by atoms with E-state index in [9.17, 15) is 10.1 Å². The van der Waals surface area contributed by atoms with Crippen molar-refractivity contribution in [1.29, 1.82) is 5.26 Å². The Labute approximate surface area is 226 Å². The molecule has 39 heavy (non-hydrogen) atoms. The minimum atomic E-state index is -2.44. The smallest absolute Gasteiger partial charge is 0.599 e. The second-order valence-corrected chi connectivity index (χ2v) is 9.79. The van der Waals surface area contributed by atoms with Gasteiger partial charge in [0.2, 0.25) is 0 Å². The summed E-state index contributed by atoms with van der Waals surface area (Å²) >= 11 is 0. The molecule has 1 aromatic heterocycles. The van der Waals surface area contributed by atoms with Crippen molar-refractivity contribution >= 4 is 24.1 Å². The molecule has 3 aromatic rings. The second-order valence-electron chi connectivity index (χ2n) is 9.79. The SMILES string of the molecule is [C-]#[N+]C1=C(C)C2=C(c3ccc(C(=O)OCC)cc3)c3c(C)c(C#N)c(C)n3[B-]3(Oc4ccccc4O3)[N+]2=C1C. The summed E-state index contributed by atoms with van der Waals surface area (Å²) in [5, 5.41) is 10.2. The van der Waals surface area contributed by atoms with Crippen LogP contribution in [0.3, 0.4) is 0 Å². The van der Waals surface area contributed by atoms with Gasteiger partial charge in [0, 0.05) is 23.9 Å². The highest BCUT2D eigenvalue weighted by Crippen LogP contribution is 2.50. The summed E-state index contributed by atoms with van der Waals surface area (Å²) in [7, 11) is 0. The molecule has 0 amide bonds. The van der Waals surface area contributed by atoms with E-state index in [0.29, 0.717) is 46.3 Å². The molecule has 9 heteroatoms. The van der Waals surface area contributed by atoms with Crippen molar-refractivity contribution in [3.05, 3.63) is 111 Å². The summed E-state index contributed by atoms with van der Waals surface area (Å²) < 4.78 is 22.6. The lowest BCUT2D eigenvalue weighted by Crippen LogP contribution is -2.65. The Morgan fingerprint density at radius 3 is 2.31 bits per heavy atom. The number of esters is 1. The lowest BCUT2D eigenvalue weighted by atomic mass is 9.78. The van der Waals surface area contributed by atoms with Crippen molar-refractivity contribution in [3.63, 3.8) is 0 Å². The summed E-state index contributed by atoms with van der Waals surface area (Å²) in [6, 6.07) is 17.1. The number of hydrogen-bond donors (Lipinski definition) is 0. The predicted molar refractivity (Wildman–Crippen MR) is 146 cm³/mol. The Bertz CT molecular complexity index is 1770. The molecule has 6 rings (SSSR count). The fourth-order valence-electron chi connectivity index (χ4n) is 6.16. The van der Waals surface area contributed by atoms with E-state index in [2.05, 4.69) is 10.9 Å². The highest BCUT2D eigenvalue weighted by Gasteiger charge is 2.64. The quantitative estimate of drug-likeness (QED) is 0.266. The van der Waals surface area contributed by atoms with E-state index < -0.39 is 12.8 Å². The molecule has 0 N–H and O–H groups in total. The summed E-state index contributed by atoms with van der Waals surface area (Å²) in [6.45, 7) is 15.2. The van der Waals surface area contributed by atoms with Crippen LogP contribution in [-0.4, -0.2) is 34.1 Å². The first kappa shape index (κ1) is 24.3. The number of carbonyl (C=O) groups excluding carboxylic acids is 1. The van der Waals surface area contributed by atoms with E-state index in [1.807, 2.05) is 73.1 Å². The topological polar surface area (TPSA) is 80.9 Å². The number of carbonyl (C=O) groups is 1. The van der Waals surface area contributed by atoms with Gasteiger partial charge in [0.1, 0.15) is 23.3 Å². The molecule has 4 heterocycles. The van der Waals surface area contributed by atoms with Gasteiger partial charge in [-0.1, -0.05) is 24.3 Å².